The topological polar surface area (TPSA) is 32.3 Å². The molecule has 1 aliphatic rings. The van der Waals surface area contributed by atoms with E-state index in [0.717, 1.165) is 13.0 Å². The normalized spacial score (nSPS) is 19.1. The molecule has 0 aromatic rings. The fourth-order valence-corrected chi connectivity index (χ4v) is 3.45. The third-order valence-corrected chi connectivity index (χ3v) is 5.08. The van der Waals surface area contributed by atoms with Crippen LogP contribution in [0.1, 0.15) is 51.4 Å². The van der Waals surface area contributed by atoms with E-state index in [1.165, 1.54) is 51.5 Å². The smallest absolute Gasteiger partial charge is 0.0431 e. The van der Waals surface area contributed by atoms with E-state index in [2.05, 4.69) is 23.3 Å². The minimum atomic E-state index is 0.350. The maximum absolute atomic E-state index is 8.66. The molecule has 1 aliphatic carbocycles. The molecule has 1 saturated carbocycles. The Hall–Kier alpha value is 0.270. The summed E-state index contributed by atoms with van der Waals surface area (Å²) in [5.41, 5.74) is 0. The maximum atomic E-state index is 8.66. The first-order chi connectivity index (χ1) is 7.83. The van der Waals surface area contributed by atoms with E-state index >= 15 is 0 Å². The van der Waals surface area contributed by atoms with Crippen molar-refractivity contribution in [2.45, 2.75) is 56.1 Å². The molecular weight excluding hydrogens is 218 g/mol. The fourth-order valence-electron chi connectivity index (χ4n) is 2.50. The Labute approximate surface area is 105 Å². The highest BCUT2D eigenvalue weighted by Crippen LogP contribution is 2.39. The third kappa shape index (κ3) is 5.07. The monoisotopic (exact) mass is 245 g/mol. The molecule has 0 saturated heterocycles. The van der Waals surface area contributed by atoms with Crippen molar-refractivity contribution in [3.63, 3.8) is 0 Å². The van der Waals surface area contributed by atoms with Crippen LogP contribution in [0, 0.1) is 0 Å². The molecule has 0 amide bonds. The second kappa shape index (κ2) is 8.37. The Balaban J connectivity index is 1.97. The highest BCUT2D eigenvalue weighted by molar-refractivity contribution is 8.00. The average molecular weight is 245 g/mol. The van der Waals surface area contributed by atoms with Crippen LogP contribution in [0.4, 0.5) is 0 Å². The van der Waals surface area contributed by atoms with E-state index < -0.39 is 0 Å². The van der Waals surface area contributed by atoms with Gasteiger partial charge in [-0.2, -0.15) is 11.8 Å². The van der Waals surface area contributed by atoms with Gasteiger partial charge < -0.3 is 10.4 Å². The zero-order valence-corrected chi connectivity index (χ0v) is 11.5. The number of aliphatic hydroxyl groups is 1. The summed E-state index contributed by atoms with van der Waals surface area (Å²) >= 11 is 2.06. The van der Waals surface area contributed by atoms with Crippen molar-refractivity contribution in [1.82, 2.24) is 5.32 Å². The SMILES string of the molecule is CSC1(CNCCCCCCO)CCCC1. The van der Waals surface area contributed by atoms with Gasteiger partial charge in [-0.1, -0.05) is 25.7 Å². The Kier molecular flexibility index (Phi) is 7.50. The first-order valence-corrected chi connectivity index (χ1v) is 7.92. The van der Waals surface area contributed by atoms with Gasteiger partial charge in [0.05, 0.1) is 0 Å². The van der Waals surface area contributed by atoms with Crippen LogP contribution in [0.2, 0.25) is 0 Å². The van der Waals surface area contributed by atoms with Crippen molar-refractivity contribution >= 4 is 11.8 Å². The van der Waals surface area contributed by atoms with Crippen LogP contribution >= 0.6 is 11.8 Å². The van der Waals surface area contributed by atoms with Crippen LogP contribution in [-0.4, -0.2) is 35.8 Å². The molecule has 1 fully saturated rings. The fraction of sp³-hybridized carbons (Fsp3) is 1.00. The minimum Gasteiger partial charge on any atom is -0.396 e. The molecule has 0 aromatic carbocycles. The molecule has 2 N–H and O–H groups in total. The van der Waals surface area contributed by atoms with E-state index in [9.17, 15) is 0 Å². The van der Waals surface area contributed by atoms with E-state index in [-0.39, 0.29) is 0 Å². The van der Waals surface area contributed by atoms with Gasteiger partial charge in [-0.25, -0.2) is 0 Å². The molecule has 0 radical (unpaired) electrons. The molecule has 0 bridgehead atoms. The molecule has 0 unspecified atom stereocenters. The molecule has 96 valence electrons. The number of thioether (sulfide) groups is 1. The predicted molar refractivity (Wildman–Crippen MR) is 73.1 cm³/mol. The van der Waals surface area contributed by atoms with Crippen molar-refractivity contribution in [3.8, 4) is 0 Å². The standard InChI is InChI=1S/C13H27NOS/c1-16-13(8-4-5-9-13)12-14-10-6-2-3-7-11-15/h14-15H,2-12H2,1H3. The van der Waals surface area contributed by atoms with Gasteiger partial charge in [0.15, 0.2) is 0 Å². The first kappa shape index (κ1) is 14.3. The van der Waals surface area contributed by atoms with Crippen molar-refractivity contribution in [2.75, 3.05) is 26.0 Å². The molecular formula is C13H27NOS. The first-order valence-electron chi connectivity index (χ1n) is 6.70. The molecule has 0 atom stereocenters. The van der Waals surface area contributed by atoms with Gasteiger partial charge >= 0.3 is 0 Å². The van der Waals surface area contributed by atoms with E-state index in [1.807, 2.05) is 0 Å². The number of hydrogen-bond acceptors (Lipinski definition) is 3. The largest absolute Gasteiger partial charge is 0.396 e. The Morgan fingerprint density at radius 3 is 2.44 bits per heavy atom. The molecule has 0 spiro atoms. The summed E-state index contributed by atoms with van der Waals surface area (Å²) < 4.78 is 0.547. The Morgan fingerprint density at radius 2 is 1.81 bits per heavy atom. The van der Waals surface area contributed by atoms with Gasteiger partial charge in [0.2, 0.25) is 0 Å². The van der Waals surface area contributed by atoms with Gasteiger partial charge in [-0.05, 0) is 38.5 Å². The van der Waals surface area contributed by atoms with E-state index in [4.69, 9.17) is 5.11 Å². The molecule has 3 heteroatoms. The summed E-state index contributed by atoms with van der Waals surface area (Å²) in [4.78, 5) is 0. The number of nitrogens with one attached hydrogen (secondary N) is 1. The van der Waals surface area contributed by atoms with E-state index in [1.54, 1.807) is 0 Å². The lowest BCUT2D eigenvalue weighted by molar-refractivity contribution is 0.282. The van der Waals surface area contributed by atoms with Gasteiger partial charge in [0, 0.05) is 17.9 Å². The van der Waals surface area contributed by atoms with E-state index in [0.29, 0.717) is 11.4 Å². The number of aliphatic hydroxyl groups excluding tert-OH is 1. The van der Waals surface area contributed by atoms with Crippen LogP contribution < -0.4 is 5.32 Å². The van der Waals surface area contributed by atoms with Crippen molar-refractivity contribution in [3.05, 3.63) is 0 Å². The van der Waals surface area contributed by atoms with Gasteiger partial charge in [-0.3, -0.25) is 0 Å². The highest BCUT2D eigenvalue weighted by atomic mass is 32.2. The lowest BCUT2D eigenvalue weighted by Crippen LogP contribution is -2.35. The number of unbranched alkanes of at least 4 members (excludes halogenated alkanes) is 3. The van der Waals surface area contributed by atoms with Crippen molar-refractivity contribution in [2.24, 2.45) is 0 Å². The summed E-state index contributed by atoms with van der Waals surface area (Å²) in [7, 11) is 0. The summed E-state index contributed by atoms with van der Waals surface area (Å²) in [6, 6.07) is 0. The summed E-state index contributed by atoms with van der Waals surface area (Å²) in [6.07, 6.45) is 12.5. The maximum Gasteiger partial charge on any atom is 0.0431 e. The number of hydrogen-bond donors (Lipinski definition) is 2. The van der Waals surface area contributed by atoms with Crippen molar-refractivity contribution in [1.29, 1.82) is 0 Å². The van der Waals surface area contributed by atoms with Gasteiger partial charge in [0.25, 0.3) is 0 Å². The second-order valence-electron chi connectivity index (χ2n) is 4.91. The van der Waals surface area contributed by atoms with Crippen LogP contribution in [0.25, 0.3) is 0 Å². The predicted octanol–water partition coefficient (Wildman–Crippen LogP) is 2.80. The van der Waals surface area contributed by atoms with Crippen LogP contribution in [0.15, 0.2) is 0 Å². The van der Waals surface area contributed by atoms with Crippen molar-refractivity contribution < 1.29 is 5.11 Å². The molecule has 16 heavy (non-hydrogen) atoms. The highest BCUT2D eigenvalue weighted by Gasteiger charge is 2.32. The Bertz CT molecular complexity index is 169. The zero-order chi connectivity index (χ0) is 11.7. The zero-order valence-electron chi connectivity index (χ0n) is 10.6. The molecule has 1 rings (SSSR count). The Morgan fingerprint density at radius 1 is 1.12 bits per heavy atom. The van der Waals surface area contributed by atoms with Crippen LogP contribution in [-0.2, 0) is 0 Å². The molecule has 2 nitrogen and oxygen atoms in total. The van der Waals surface area contributed by atoms with Crippen LogP contribution in [0.3, 0.4) is 0 Å². The quantitative estimate of drug-likeness (QED) is 0.613. The average Bonchev–Trinajstić information content (AvgIpc) is 2.77. The lowest BCUT2D eigenvalue weighted by Gasteiger charge is -2.27. The summed E-state index contributed by atoms with van der Waals surface area (Å²) in [6.45, 7) is 2.69. The van der Waals surface area contributed by atoms with Gasteiger partial charge in [0.1, 0.15) is 0 Å². The van der Waals surface area contributed by atoms with Gasteiger partial charge in [-0.15, -0.1) is 0 Å². The number of rotatable bonds is 9. The molecule has 0 aliphatic heterocycles. The minimum absolute atomic E-state index is 0.350. The molecule has 0 aromatic heterocycles. The van der Waals surface area contributed by atoms with Crippen LogP contribution in [0.5, 0.6) is 0 Å². The molecule has 0 heterocycles. The third-order valence-electron chi connectivity index (χ3n) is 3.66. The lowest BCUT2D eigenvalue weighted by atomic mass is 10.1. The summed E-state index contributed by atoms with van der Waals surface area (Å²) in [5.74, 6) is 0. The summed E-state index contributed by atoms with van der Waals surface area (Å²) in [5, 5.41) is 12.3. The second-order valence-corrected chi connectivity index (χ2v) is 6.18.